The van der Waals surface area contributed by atoms with Crippen molar-refractivity contribution in [1.29, 1.82) is 0 Å². The number of aromatic nitrogens is 1. The summed E-state index contributed by atoms with van der Waals surface area (Å²) >= 11 is 1.64. The third kappa shape index (κ3) is 5.50. The molecule has 0 N–H and O–H groups in total. The number of rotatable bonds is 7. The molecular weight excluding hydrogens is 811 g/mol. The van der Waals surface area contributed by atoms with E-state index < -0.39 is 114 Å². The van der Waals surface area contributed by atoms with Gasteiger partial charge in [0, 0.05) is 48.1 Å². The van der Waals surface area contributed by atoms with Crippen LogP contribution in [0.5, 0.6) is 0 Å². The smallest absolute Gasteiger partial charge is 0.179 e. The van der Waals surface area contributed by atoms with Gasteiger partial charge in [-0.25, -0.2) is 0 Å². The monoisotopic (exact) mass is 864 g/mol. The van der Waals surface area contributed by atoms with Crippen LogP contribution in [0.3, 0.4) is 0 Å². The molecule has 0 saturated carbocycles. The standard InChI is InChI=1S/C60H39NOSSi/c1-5-19-40(20-6-1)52-38-45(64(42-21-7-2-8-22-42,43-23-9-3-10-24-43)44-25-11-4-12-26-44)39-53(41-33-34-48-47-28-14-17-31-55(47)62-56(48)37-41)58(52)61-54-30-16-13-27-46(54)50-35-36-51-49-29-15-18-32-57(49)63-60(51)59(50)61/h1-39H/i2D,3D,4D,7D,8D,9D,10D,11D,12D,21D,22D,23D,24D,25D,26D. The molecule has 300 valence electrons. The van der Waals surface area contributed by atoms with Crippen molar-refractivity contribution in [1.82, 2.24) is 4.57 Å². The molecule has 10 aromatic carbocycles. The van der Waals surface area contributed by atoms with E-state index in [1.807, 2.05) is 103 Å². The average Bonchev–Trinajstić information content (AvgIpc) is 4.24. The second kappa shape index (κ2) is 14.7. The maximum absolute atomic E-state index is 9.90. The Kier molecular flexibility index (Phi) is 5.68. The molecule has 13 rings (SSSR count). The first-order chi connectivity index (χ1) is 38.0. The number of benzene rings is 10. The molecule has 0 aliphatic carbocycles. The first-order valence-corrected chi connectivity index (χ1v) is 23.5. The molecule has 0 unspecified atom stereocenters. The van der Waals surface area contributed by atoms with Crippen LogP contribution in [0.15, 0.2) is 241 Å². The Hall–Kier alpha value is -7.76. The molecule has 4 heteroatoms. The molecule has 13 aromatic rings. The van der Waals surface area contributed by atoms with Crippen molar-refractivity contribution in [3.8, 4) is 27.9 Å². The fourth-order valence-electron chi connectivity index (χ4n) is 9.63. The van der Waals surface area contributed by atoms with Crippen LogP contribution in [0.1, 0.15) is 20.6 Å². The van der Waals surface area contributed by atoms with E-state index in [9.17, 15) is 16.4 Å². The van der Waals surface area contributed by atoms with Crippen LogP contribution in [0.4, 0.5) is 0 Å². The summed E-state index contributed by atoms with van der Waals surface area (Å²) in [5.74, 6) is 0. The topological polar surface area (TPSA) is 18.1 Å². The van der Waals surface area contributed by atoms with Gasteiger partial charge < -0.3 is 8.98 Å². The SMILES string of the molecule is [2H]c1c([2H])c([2H])c([Si](c2cc(-c3ccccc3)c(-n3c4ccccc4c4ccc5c6ccccc6sc5c43)c(-c3ccc4c(c3)oc3ccccc34)c2)(c2c([2H])c([2H])c([2H])c([2H])c2[2H])c2c([2H])c([2H])c([2H])c([2H])c2[2H])c([2H])c1[2H]. The summed E-state index contributed by atoms with van der Waals surface area (Å²) in [6, 6.07) is 33.8. The van der Waals surface area contributed by atoms with Crippen molar-refractivity contribution < 1.29 is 25.0 Å². The number of nitrogens with zero attached hydrogens (tertiary/aromatic N) is 1. The van der Waals surface area contributed by atoms with Gasteiger partial charge in [-0.1, -0.05) is 206 Å². The molecule has 3 aromatic heterocycles. The normalized spacial score (nSPS) is 15.3. The lowest BCUT2D eigenvalue weighted by atomic mass is 9.94. The van der Waals surface area contributed by atoms with Crippen molar-refractivity contribution in [2.75, 3.05) is 0 Å². The third-order valence-electron chi connectivity index (χ3n) is 12.3. The Morgan fingerprint density at radius 1 is 0.422 bits per heavy atom. The highest BCUT2D eigenvalue weighted by Crippen LogP contribution is 2.47. The fraction of sp³-hybridized carbons (Fsp3) is 0. The van der Waals surface area contributed by atoms with Crippen molar-refractivity contribution in [2.24, 2.45) is 0 Å². The van der Waals surface area contributed by atoms with Crippen molar-refractivity contribution >= 4 is 104 Å². The van der Waals surface area contributed by atoms with Crippen LogP contribution < -0.4 is 20.7 Å². The Labute approximate surface area is 396 Å². The van der Waals surface area contributed by atoms with E-state index >= 15 is 0 Å². The summed E-state index contributed by atoms with van der Waals surface area (Å²) < 4.78 is 152. The average molecular weight is 865 g/mol. The Morgan fingerprint density at radius 3 is 1.67 bits per heavy atom. The van der Waals surface area contributed by atoms with Crippen LogP contribution in [0.2, 0.25) is 0 Å². The first-order valence-electron chi connectivity index (χ1n) is 28.2. The van der Waals surface area contributed by atoms with E-state index in [1.165, 1.54) is 0 Å². The fourth-order valence-corrected chi connectivity index (χ4v) is 14.7. The zero-order valence-corrected chi connectivity index (χ0v) is 35.4. The first kappa shape index (κ1) is 24.8. The molecule has 2 nitrogen and oxygen atoms in total. The summed E-state index contributed by atoms with van der Waals surface area (Å²) in [4.78, 5) is 0. The molecule has 0 fully saturated rings. The summed E-state index contributed by atoms with van der Waals surface area (Å²) in [5, 5.41) is 3.81. The predicted octanol–water partition coefficient (Wildman–Crippen LogP) is 13.8. The van der Waals surface area contributed by atoms with E-state index in [0.717, 1.165) is 52.8 Å². The molecule has 0 radical (unpaired) electrons. The number of thiophene rings is 1. The lowest BCUT2D eigenvalue weighted by Gasteiger charge is -2.36. The maximum Gasteiger partial charge on any atom is 0.179 e. The third-order valence-corrected chi connectivity index (χ3v) is 17.7. The van der Waals surface area contributed by atoms with Crippen LogP contribution in [-0.2, 0) is 0 Å². The molecule has 0 bridgehead atoms. The lowest BCUT2D eigenvalue weighted by Crippen LogP contribution is -2.74. The van der Waals surface area contributed by atoms with Gasteiger partial charge in [-0.2, -0.15) is 0 Å². The van der Waals surface area contributed by atoms with Crippen molar-refractivity contribution in [3.05, 3.63) is 236 Å². The van der Waals surface area contributed by atoms with E-state index in [-0.39, 0.29) is 5.19 Å². The van der Waals surface area contributed by atoms with Gasteiger partial charge in [0.05, 0.1) is 42.0 Å². The zero-order chi connectivity index (χ0) is 55.2. The highest BCUT2D eigenvalue weighted by Gasteiger charge is 2.42. The second-order valence-electron chi connectivity index (χ2n) is 15.6. The van der Waals surface area contributed by atoms with Gasteiger partial charge in [-0.3, -0.25) is 0 Å². The number of fused-ring (bicyclic) bond motifs is 10. The minimum Gasteiger partial charge on any atom is -0.456 e. The minimum atomic E-state index is -5.64. The van der Waals surface area contributed by atoms with Gasteiger partial charge >= 0.3 is 0 Å². The van der Waals surface area contributed by atoms with E-state index in [1.54, 1.807) is 23.5 Å². The predicted molar refractivity (Wildman–Crippen MR) is 275 cm³/mol. The quantitative estimate of drug-likeness (QED) is 0.115. The van der Waals surface area contributed by atoms with E-state index in [4.69, 9.17) is 8.53 Å². The zero-order valence-electron chi connectivity index (χ0n) is 48.6. The van der Waals surface area contributed by atoms with Crippen LogP contribution in [-0.4, -0.2) is 12.6 Å². The molecule has 0 saturated heterocycles. The molecule has 3 heterocycles. The van der Waals surface area contributed by atoms with Gasteiger partial charge in [-0.15, -0.1) is 11.3 Å². The molecule has 0 aliphatic rings. The van der Waals surface area contributed by atoms with Crippen molar-refractivity contribution in [2.45, 2.75) is 0 Å². The van der Waals surface area contributed by atoms with Gasteiger partial charge in [0.2, 0.25) is 0 Å². The summed E-state index contributed by atoms with van der Waals surface area (Å²) in [6.07, 6.45) is 0. The molecular formula is C60H39NOSSi. The number of hydrogen-bond donors (Lipinski definition) is 0. The molecule has 0 atom stereocenters. The van der Waals surface area contributed by atoms with Gasteiger partial charge in [0.1, 0.15) is 11.2 Å². The summed E-state index contributed by atoms with van der Waals surface area (Å²) in [6.45, 7) is 0. The van der Waals surface area contributed by atoms with Crippen LogP contribution in [0.25, 0.3) is 91.9 Å². The summed E-state index contributed by atoms with van der Waals surface area (Å²) in [5.41, 5.74) is 5.32. The number of hydrogen-bond acceptors (Lipinski definition) is 2. The second-order valence-corrected chi connectivity index (χ2v) is 20.3. The van der Waals surface area contributed by atoms with Gasteiger partial charge in [0.15, 0.2) is 8.07 Å². The molecule has 0 amide bonds. The van der Waals surface area contributed by atoms with Crippen molar-refractivity contribution in [3.63, 3.8) is 0 Å². The number of para-hydroxylation sites is 2. The van der Waals surface area contributed by atoms with E-state index in [0.29, 0.717) is 39.1 Å². The highest BCUT2D eigenvalue weighted by molar-refractivity contribution is 7.26. The molecule has 64 heavy (non-hydrogen) atoms. The Bertz CT molecular complexity index is 4560. The minimum absolute atomic E-state index is 0.0156. The van der Waals surface area contributed by atoms with Crippen LogP contribution in [0, 0.1) is 0 Å². The molecule has 0 aliphatic heterocycles. The number of furan rings is 1. The lowest BCUT2D eigenvalue weighted by molar-refractivity contribution is 0.669. The van der Waals surface area contributed by atoms with E-state index in [2.05, 4.69) is 34.9 Å². The Balaban J connectivity index is 1.35. The molecule has 0 spiro atoms. The Morgan fingerprint density at radius 2 is 0.969 bits per heavy atom. The van der Waals surface area contributed by atoms with Gasteiger partial charge in [-0.05, 0) is 62.2 Å². The highest BCUT2D eigenvalue weighted by atomic mass is 32.1. The largest absolute Gasteiger partial charge is 0.456 e. The maximum atomic E-state index is 9.90. The van der Waals surface area contributed by atoms with Gasteiger partial charge in [0.25, 0.3) is 0 Å². The van der Waals surface area contributed by atoms with Crippen LogP contribution >= 0.6 is 11.3 Å². The summed E-state index contributed by atoms with van der Waals surface area (Å²) in [7, 11) is -5.64.